The van der Waals surface area contributed by atoms with Crippen LogP contribution in [0.2, 0.25) is 0 Å². The molecule has 0 aromatic rings. The number of hydrazone groups is 1. The third kappa shape index (κ3) is 10.8. The molecule has 0 aromatic heterocycles. The number of hydrogen-bond donors (Lipinski definition) is 4. The molecular weight excluding hydrogens is 869 g/mol. The summed E-state index contributed by atoms with van der Waals surface area (Å²) in [6, 6.07) is -0.793. The number of carbonyl (C=O) groups is 2. The van der Waals surface area contributed by atoms with Crippen molar-refractivity contribution in [1.29, 1.82) is 0 Å². The van der Waals surface area contributed by atoms with E-state index in [0.29, 0.717) is 42.5 Å². The molecule has 2 bridgehead atoms. The fourth-order valence-electron chi connectivity index (χ4n) is 10.7. The maximum absolute atomic E-state index is 14.4. The van der Waals surface area contributed by atoms with Crippen molar-refractivity contribution in [2.45, 2.75) is 179 Å². The van der Waals surface area contributed by atoms with Gasteiger partial charge in [0.25, 0.3) is 0 Å². The molecule has 7 rings (SSSR count). The van der Waals surface area contributed by atoms with Gasteiger partial charge in [0.2, 0.25) is 0 Å². The van der Waals surface area contributed by atoms with Crippen molar-refractivity contribution in [3.63, 3.8) is 0 Å². The lowest BCUT2D eigenvalue weighted by molar-refractivity contribution is -0.302. The van der Waals surface area contributed by atoms with Crippen molar-refractivity contribution in [3.8, 4) is 0 Å². The molecule has 67 heavy (non-hydrogen) atoms. The summed E-state index contributed by atoms with van der Waals surface area (Å²) in [5.41, 5.74) is 8.12. The quantitative estimate of drug-likeness (QED) is 0.0968. The lowest BCUT2D eigenvalue weighted by Crippen LogP contribution is -2.57. The van der Waals surface area contributed by atoms with Gasteiger partial charge >= 0.3 is 12.0 Å². The molecule has 4 fully saturated rings. The van der Waals surface area contributed by atoms with Gasteiger partial charge in [0.1, 0.15) is 47.8 Å². The Morgan fingerprint density at radius 1 is 1.01 bits per heavy atom. The van der Waals surface area contributed by atoms with Gasteiger partial charge in [-0.05, 0) is 62.8 Å². The molecule has 18 heteroatoms. The van der Waals surface area contributed by atoms with Gasteiger partial charge in [0, 0.05) is 51.7 Å². The van der Waals surface area contributed by atoms with Gasteiger partial charge in [-0.25, -0.2) is 10.2 Å². The molecule has 7 aliphatic rings. The molecule has 0 radical (unpaired) electrons. The summed E-state index contributed by atoms with van der Waals surface area (Å²) < 4.78 is 64.2. The van der Waals surface area contributed by atoms with Crippen LogP contribution in [-0.4, -0.2) is 140 Å². The molecule has 6 heterocycles. The Morgan fingerprint density at radius 2 is 1.78 bits per heavy atom. The number of carbonyl (C=O) groups excluding carboxylic acids is 2. The van der Waals surface area contributed by atoms with E-state index in [9.17, 15) is 19.9 Å². The molecule has 2 amide bonds. The second-order valence-electron chi connectivity index (χ2n) is 19.3. The minimum absolute atomic E-state index is 0.00737. The fourth-order valence-corrected chi connectivity index (χ4v) is 10.7. The number of urea groups is 1. The van der Waals surface area contributed by atoms with Crippen LogP contribution in [0.25, 0.3) is 0 Å². The van der Waals surface area contributed by atoms with Crippen LogP contribution in [0.15, 0.2) is 69.5 Å². The van der Waals surface area contributed by atoms with Gasteiger partial charge in [0.05, 0.1) is 42.8 Å². The average molecular weight is 941 g/mol. The summed E-state index contributed by atoms with van der Waals surface area (Å²) in [6.45, 7) is 15.9. The number of nitrogens with two attached hydrogens (primary N) is 1. The van der Waals surface area contributed by atoms with Crippen molar-refractivity contribution in [2.75, 3.05) is 20.8 Å². The monoisotopic (exact) mass is 941 g/mol. The molecule has 1 spiro atoms. The first-order chi connectivity index (χ1) is 31.9. The summed E-state index contributed by atoms with van der Waals surface area (Å²) in [4.78, 5) is 25.8. The molecule has 372 valence electrons. The summed E-state index contributed by atoms with van der Waals surface area (Å²) >= 11 is 0. The number of esters is 1. The number of fused-ring (bicyclic) bond motifs is 2. The highest BCUT2D eigenvalue weighted by molar-refractivity contribution is 6.07. The van der Waals surface area contributed by atoms with E-state index in [1.807, 2.05) is 39.0 Å². The van der Waals surface area contributed by atoms with Crippen LogP contribution >= 0.6 is 0 Å². The zero-order chi connectivity index (χ0) is 48.4. The number of ether oxygens (including phenoxy) is 10. The Morgan fingerprint density at radius 3 is 2.48 bits per heavy atom. The van der Waals surface area contributed by atoms with Crippen molar-refractivity contribution in [2.24, 2.45) is 39.7 Å². The Labute approximate surface area is 393 Å². The lowest BCUT2D eigenvalue weighted by Gasteiger charge is -2.48. The number of amides is 2. The van der Waals surface area contributed by atoms with Crippen LogP contribution in [0.4, 0.5) is 4.79 Å². The number of nitrogens with zero attached hydrogens (tertiary/aromatic N) is 2. The van der Waals surface area contributed by atoms with Crippen LogP contribution in [0.1, 0.15) is 93.9 Å². The van der Waals surface area contributed by atoms with Crippen molar-refractivity contribution < 1.29 is 67.3 Å². The van der Waals surface area contributed by atoms with Crippen LogP contribution in [0.5, 0.6) is 0 Å². The number of methoxy groups -OCH3 is 2. The predicted octanol–water partition coefficient (Wildman–Crippen LogP) is 5.51. The number of oxime groups is 1. The van der Waals surface area contributed by atoms with Crippen molar-refractivity contribution >= 4 is 23.4 Å². The number of aliphatic hydroxyl groups is 1. The summed E-state index contributed by atoms with van der Waals surface area (Å²) in [5.74, 6) is -2.74. The number of allylic oxidation sites excluding steroid dienone is 2. The zero-order valence-electron chi connectivity index (χ0n) is 40.5. The normalized spacial score (nSPS) is 45.3. The topological polar surface area (TPSA) is 230 Å². The van der Waals surface area contributed by atoms with Gasteiger partial charge < -0.3 is 63.4 Å². The van der Waals surface area contributed by atoms with E-state index in [4.69, 9.17) is 53.1 Å². The molecular formula is C49H72N4O14. The summed E-state index contributed by atoms with van der Waals surface area (Å²) in [6.07, 6.45) is 9.46. The van der Waals surface area contributed by atoms with Crippen LogP contribution in [-0.2, 0) is 52.2 Å². The first-order valence-electron chi connectivity index (χ1n) is 23.8. The van der Waals surface area contributed by atoms with E-state index in [1.54, 1.807) is 40.2 Å². The van der Waals surface area contributed by atoms with Crippen molar-refractivity contribution in [1.82, 2.24) is 5.43 Å². The molecule has 4 saturated heterocycles. The van der Waals surface area contributed by atoms with E-state index in [2.05, 4.69) is 48.6 Å². The van der Waals surface area contributed by atoms with Crippen LogP contribution < -0.4 is 11.2 Å². The highest BCUT2D eigenvalue weighted by atomic mass is 16.7. The van der Waals surface area contributed by atoms with Gasteiger partial charge in [0.15, 0.2) is 18.4 Å². The lowest BCUT2D eigenvalue weighted by atomic mass is 9.71. The third-order valence-corrected chi connectivity index (χ3v) is 14.6. The molecule has 5 N–H and O–H groups in total. The minimum Gasteiger partial charge on any atom is -0.462 e. The molecule has 6 aliphatic heterocycles. The van der Waals surface area contributed by atoms with E-state index < -0.39 is 96.8 Å². The Bertz CT molecular complexity index is 2020. The fraction of sp³-hybridized carbons (Fsp3) is 0.714. The smallest absolute Gasteiger partial charge is 0.332 e. The number of rotatable bonds is 9. The summed E-state index contributed by atoms with van der Waals surface area (Å²) in [7, 11) is 3.18. The van der Waals surface area contributed by atoms with E-state index in [-0.39, 0.29) is 42.6 Å². The van der Waals surface area contributed by atoms with Crippen LogP contribution in [0.3, 0.4) is 0 Å². The van der Waals surface area contributed by atoms with Crippen LogP contribution in [0, 0.1) is 23.7 Å². The second kappa shape index (κ2) is 21.4. The Hall–Kier alpha value is -3.82. The van der Waals surface area contributed by atoms with Crippen molar-refractivity contribution in [3.05, 3.63) is 59.3 Å². The minimum atomic E-state index is -1.89. The van der Waals surface area contributed by atoms with Gasteiger partial charge in [-0.1, -0.05) is 75.7 Å². The highest BCUT2D eigenvalue weighted by Crippen LogP contribution is 2.46. The Balaban J connectivity index is 1.17. The zero-order valence-corrected chi connectivity index (χ0v) is 40.5. The molecule has 0 saturated carbocycles. The first-order valence-corrected chi connectivity index (χ1v) is 23.8. The number of hydrogen-bond acceptors (Lipinski definition) is 16. The maximum atomic E-state index is 14.4. The van der Waals surface area contributed by atoms with E-state index in [1.165, 1.54) is 0 Å². The molecule has 18 unspecified atom stereocenters. The molecule has 18 atom stereocenters. The largest absolute Gasteiger partial charge is 0.462 e. The second-order valence-corrected chi connectivity index (χ2v) is 19.3. The standard InChI is InChI=1S/C49H72N4O14/c1-11-25(2)43-28(5)17-18-48(67-43)23-34-20-33(66-48)16-15-27(4)42(26(3)13-12-14-32-24-60-45-40(53-57)29(6)19-35(46(54)63-34)49(32,45)56)64-39-22-37(59-10)44(31(8)62-39)65-38-21-36(58-9)41(30(7)61-38)51-52-47(50)55/h12-15,17-19,25-26,28,30-31,33-39,42-45,56-57H,11,16,20-24H2,1-10H3,(H3,50,52,55)/b13-12+,27-15+,32-14+,51-41-,53-40+. The van der Waals surface area contributed by atoms with E-state index >= 15 is 0 Å². The molecule has 1 aliphatic carbocycles. The SMILES string of the molecule is CCC(C)C1OC2(C=CC1C)CC1CC(C/C=C(\C)C(OC3CC(OC)C(OC4CC(OC)/C(=N\NC(N)=O)C(C)O4)C(C)O3)C(C)/C=C/C=C3\COC4/C(=N/O)C(C)=CC(C(=O)O1)C34O)O2. The summed E-state index contributed by atoms with van der Waals surface area (Å²) in [5, 5.41) is 30.3. The van der Waals surface area contributed by atoms with Gasteiger partial charge in [-0.15, -0.1) is 0 Å². The highest BCUT2D eigenvalue weighted by Gasteiger charge is 2.60. The third-order valence-electron chi connectivity index (χ3n) is 14.6. The van der Waals surface area contributed by atoms with Gasteiger partial charge in [-0.3, -0.25) is 4.79 Å². The molecule has 0 aromatic carbocycles. The van der Waals surface area contributed by atoms with Gasteiger partial charge in [-0.2, -0.15) is 5.10 Å². The van der Waals surface area contributed by atoms with E-state index in [0.717, 1.165) is 12.0 Å². The Kier molecular flexibility index (Phi) is 16.3. The predicted molar refractivity (Wildman–Crippen MR) is 245 cm³/mol. The number of nitrogens with one attached hydrogen (secondary N) is 1. The number of primary amides is 1. The average Bonchev–Trinajstić information content (AvgIpc) is 3.63. The first kappa shape index (κ1) is 51.0. The molecule has 18 nitrogen and oxygen atoms in total. The maximum Gasteiger partial charge on any atom is 0.332 e.